The third kappa shape index (κ3) is 3.79. The first-order chi connectivity index (χ1) is 14.4. The van der Waals surface area contributed by atoms with E-state index in [1.54, 1.807) is 6.26 Å². The second-order valence-corrected chi connectivity index (χ2v) is 7.60. The predicted octanol–water partition coefficient (Wildman–Crippen LogP) is 4.06. The van der Waals surface area contributed by atoms with Gasteiger partial charge in [-0.1, -0.05) is 33.3 Å². The zero-order valence-electron chi connectivity index (χ0n) is 17.5. The Morgan fingerprint density at radius 3 is 2.63 bits per heavy atom. The number of hydrogen-bond acceptors (Lipinski definition) is 5. The van der Waals surface area contributed by atoms with Gasteiger partial charge in [0.2, 0.25) is 5.91 Å². The summed E-state index contributed by atoms with van der Waals surface area (Å²) in [6, 6.07) is 6.69. The maximum Gasteiger partial charge on any atom is 0.329 e. The first kappa shape index (κ1) is 21.8. The Morgan fingerprint density at radius 2 is 2.00 bits per heavy atom. The number of imide groups is 1. The predicted molar refractivity (Wildman–Crippen MR) is 110 cm³/mol. The van der Waals surface area contributed by atoms with Gasteiger partial charge in [-0.3, -0.25) is 4.79 Å². The maximum absolute atomic E-state index is 13.0. The third-order valence-electron chi connectivity index (χ3n) is 5.95. The molecule has 0 bridgehead atoms. The van der Waals surface area contributed by atoms with Gasteiger partial charge in [0.05, 0.1) is 17.7 Å². The van der Waals surface area contributed by atoms with E-state index in [2.05, 4.69) is 5.32 Å². The van der Waals surface area contributed by atoms with Crippen LogP contribution < -0.4 is 5.32 Å². The third-order valence-corrected chi connectivity index (χ3v) is 5.95. The van der Waals surface area contributed by atoms with E-state index in [4.69, 9.17) is 14.3 Å². The summed E-state index contributed by atoms with van der Waals surface area (Å²) in [5.74, 6) is -1.48. The van der Waals surface area contributed by atoms with Gasteiger partial charge in [-0.05, 0) is 43.0 Å². The van der Waals surface area contributed by atoms with Crippen LogP contribution in [-0.4, -0.2) is 40.7 Å². The van der Waals surface area contributed by atoms with E-state index in [1.165, 1.54) is 0 Å². The van der Waals surface area contributed by atoms with Gasteiger partial charge in [-0.25, -0.2) is 14.5 Å². The molecule has 2 heterocycles. The van der Waals surface area contributed by atoms with Crippen LogP contribution in [0.1, 0.15) is 58.1 Å². The van der Waals surface area contributed by atoms with Gasteiger partial charge < -0.3 is 19.6 Å². The Bertz CT molecular complexity index is 933. The maximum atomic E-state index is 13.0. The van der Waals surface area contributed by atoms with Crippen LogP contribution in [0.3, 0.4) is 0 Å². The van der Waals surface area contributed by atoms with Crippen LogP contribution in [0, 0.1) is 5.41 Å². The van der Waals surface area contributed by atoms with Crippen LogP contribution >= 0.6 is 0 Å². The Hall–Kier alpha value is -2.87. The molecule has 1 aliphatic rings. The number of fused-ring (bicyclic) bond motifs is 1. The summed E-state index contributed by atoms with van der Waals surface area (Å²) in [7, 11) is 0. The average molecular weight is 416 g/mol. The van der Waals surface area contributed by atoms with Crippen molar-refractivity contribution in [2.45, 2.75) is 58.7 Å². The second kappa shape index (κ2) is 8.87. The summed E-state index contributed by atoms with van der Waals surface area (Å²) in [5, 5.41) is 12.9. The summed E-state index contributed by atoms with van der Waals surface area (Å²) >= 11 is 0. The number of furan rings is 1. The molecule has 3 rings (SSSR count). The molecule has 1 aliphatic heterocycles. The highest BCUT2D eigenvalue weighted by Crippen LogP contribution is 2.46. The zero-order chi connectivity index (χ0) is 21.9. The SMILES string of the molecule is CCCC(NC(=O)N1C(=O)C(CC)(CC)C1OCC(=O)O)c1ccc2occc2c1. The van der Waals surface area contributed by atoms with Gasteiger partial charge in [0, 0.05) is 5.39 Å². The summed E-state index contributed by atoms with van der Waals surface area (Å²) in [6.07, 6.45) is 3.16. The van der Waals surface area contributed by atoms with Gasteiger partial charge >= 0.3 is 12.0 Å². The molecular weight excluding hydrogens is 388 g/mol. The Labute approximate surface area is 175 Å². The van der Waals surface area contributed by atoms with Crippen molar-refractivity contribution in [3.63, 3.8) is 0 Å². The van der Waals surface area contributed by atoms with Crippen LogP contribution in [0.15, 0.2) is 34.9 Å². The standard InChI is InChI=1S/C22H28N2O6/c1-4-7-16(14-8-9-17-15(12-14)10-11-29-17)23-21(28)24-19(27)22(5-2,6-3)20(24)30-13-18(25)26/h8-12,16,20H,4-7,13H2,1-3H3,(H,23,28)(H,25,26). The molecule has 0 saturated carbocycles. The van der Waals surface area contributed by atoms with E-state index in [0.717, 1.165) is 27.9 Å². The number of likely N-dealkylation sites (tertiary alicyclic amines) is 1. The van der Waals surface area contributed by atoms with Gasteiger partial charge in [0.1, 0.15) is 12.2 Å². The van der Waals surface area contributed by atoms with E-state index in [0.29, 0.717) is 19.3 Å². The number of carbonyl (C=O) groups excluding carboxylic acids is 2. The molecule has 162 valence electrons. The van der Waals surface area contributed by atoms with E-state index >= 15 is 0 Å². The van der Waals surface area contributed by atoms with Crippen LogP contribution in [0.25, 0.3) is 11.0 Å². The minimum Gasteiger partial charge on any atom is -0.480 e. The first-order valence-corrected chi connectivity index (χ1v) is 10.3. The number of aliphatic carboxylic acids is 1. The molecule has 1 saturated heterocycles. The van der Waals surface area contributed by atoms with Crippen molar-refractivity contribution >= 4 is 28.9 Å². The van der Waals surface area contributed by atoms with Gasteiger partial charge in [0.15, 0.2) is 6.23 Å². The van der Waals surface area contributed by atoms with Crippen LogP contribution in [0.4, 0.5) is 4.79 Å². The van der Waals surface area contributed by atoms with Crippen LogP contribution in [0.5, 0.6) is 0 Å². The molecule has 1 aromatic heterocycles. The quantitative estimate of drug-likeness (QED) is 0.597. The van der Waals surface area contributed by atoms with Gasteiger partial charge in [-0.2, -0.15) is 0 Å². The van der Waals surface area contributed by atoms with Crippen LogP contribution in [0.2, 0.25) is 0 Å². The lowest BCUT2D eigenvalue weighted by molar-refractivity contribution is -0.213. The first-order valence-electron chi connectivity index (χ1n) is 10.3. The number of nitrogens with one attached hydrogen (secondary N) is 1. The fourth-order valence-electron chi connectivity index (χ4n) is 4.15. The fourth-order valence-corrected chi connectivity index (χ4v) is 4.15. The molecule has 8 heteroatoms. The number of urea groups is 1. The summed E-state index contributed by atoms with van der Waals surface area (Å²) < 4.78 is 10.8. The van der Waals surface area contributed by atoms with E-state index < -0.39 is 30.3 Å². The molecule has 0 spiro atoms. The number of carbonyl (C=O) groups is 3. The number of carboxylic acids is 1. The van der Waals surface area contributed by atoms with Crippen molar-refractivity contribution in [2.75, 3.05) is 6.61 Å². The van der Waals surface area contributed by atoms with Crippen molar-refractivity contribution in [1.82, 2.24) is 10.2 Å². The van der Waals surface area contributed by atoms with Crippen molar-refractivity contribution in [1.29, 1.82) is 0 Å². The summed E-state index contributed by atoms with van der Waals surface area (Å²) in [5.41, 5.74) is 0.798. The highest BCUT2D eigenvalue weighted by molar-refractivity contribution is 6.03. The molecule has 0 radical (unpaired) electrons. The number of carboxylic acid groups (broad SMARTS) is 1. The zero-order valence-corrected chi connectivity index (χ0v) is 17.5. The lowest BCUT2D eigenvalue weighted by atomic mass is 9.72. The monoisotopic (exact) mass is 416 g/mol. The number of amides is 3. The molecule has 0 aliphatic carbocycles. The second-order valence-electron chi connectivity index (χ2n) is 7.60. The fraction of sp³-hybridized carbons (Fsp3) is 0.500. The highest BCUT2D eigenvalue weighted by atomic mass is 16.5. The molecule has 2 unspecified atom stereocenters. The molecule has 8 nitrogen and oxygen atoms in total. The molecule has 3 amide bonds. The number of rotatable bonds is 9. The Kier molecular flexibility index (Phi) is 6.45. The number of hydrogen-bond donors (Lipinski definition) is 2. The van der Waals surface area contributed by atoms with Crippen molar-refractivity contribution < 1.29 is 28.6 Å². The number of benzene rings is 1. The number of nitrogens with zero attached hydrogens (tertiary/aromatic N) is 1. The highest BCUT2D eigenvalue weighted by Gasteiger charge is 2.62. The largest absolute Gasteiger partial charge is 0.480 e. The lowest BCUT2D eigenvalue weighted by Gasteiger charge is -2.53. The topological polar surface area (TPSA) is 109 Å². The molecule has 2 aromatic rings. The number of β-lactam (4-membered cyclic amide) rings is 1. The van der Waals surface area contributed by atoms with Crippen LogP contribution in [-0.2, 0) is 14.3 Å². The van der Waals surface area contributed by atoms with E-state index in [1.807, 2.05) is 45.0 Å². The smallest absolute Gasteiger partial charge is 0.329 e. The van der Waals surface area contributed by atoms with Gasteiger partial charge in [-0.15, -0.1) is 0 Å². The normalized spacial score (nSPS) is 18.8. The molecule has 2 N–H and O–H groups in total. The molecule has 1 aromatic carbocycles. The van der Waals surface area contributed by atoms with Crippen molar-refractivity contribution in [3.05, 3.63) is 36.1 Å². The molecule has 2 atom stereocenters. The average Bonchev–Trinajstić information content (AvgIpc) is 3.19. The van der Waals surface area contributed by atoms with Crippen molar-refractivity contribution in [2.24, 2.45) is 5.41 Å². The van der Waals surface area contributed by atoms with E-state index in [-0.39, 0.29) is 11.9 Å². The molecule has 30 heavy (non-hydrogen) atoms. The summed E-state index contributed by atoms with van der Waals surface area (Å²) in [6.45, 7) is 5.13. The Morgan fingerprint density at radius 1 is 1.27 bits per heavy atom. The van der Waals surface area contributed by atoms with Crippen molar-refractivity contribution in [3.8, 4) is 0 Å². The molecule has 1 fully saturated rings. The summed E-state index contributed by atoms with van der Waals surface area (Å²) in [4.78, 5) is 37.9. The molecular formula is C22H28N2O6. The van der Waals surface area contributed by atoms with E-state index in [9.17, 15) is 14.4 Å². The number of ether oxygens (including phenoxy) is 1. The minimum atomic E-state index is -1.15. The Balaban J connectivity index is 1.81. The minimum absolute atomic E-state index is 0.298. The van der Waals surface area contributed by atoms with Gasteiger partial charge in [0.25, 0.3) is 0 Å². The lowest BCUT2D eigenvalue weighted by Crippen LogP contribution is -2.72.